The number of ether oxygens (including phenoxy) is 2. The van der Waals surface area contributed by atoms with Gasteiger partial charge in [0.25, 0.3) is 0 Å². The third-order valence-corrected chi connectivity index (χ3v) is 5.34. The number of anilines is 1. The predicted octanol–water partition coefficient (Wildman–Crippen LogP) is 1.43. The van der Waals surface area contributed by atoms with Crippen LogP contribution in [-0.4, -0.2) is 33.7 Å². The van der Waals surface area contributed by atoms with Gasteiger partial charge in [0, 0.05) is 18.5 Å². The third-order valence-electron chi connectivity index (χ3n) is 3.03. The molecule has 3 rings (SSSR count). The van der Waals surface area contributed by atoms with E-state index in [9.17, 15) is 8.42 Å². The quantitative estimate of drug-likeness (QED) is 0.855. The maximum absolute atomic E-state index is 12.3. The summed E-state index contributed by atoms with van der Waals surface area (Å²) in [6.45, 7) is 1.01. The van der Waals surface area contributed by atoms with Crippen LogP contribution in [0, 0.1) is 0 Å². The van der Waals surface area contributed by atoms with Gasteiger partial charge in [0.1, 0.15) is 13.2 Å². The molecule has 0 saturated carbocycles. The Hall–Kier alpha value is -1.84. The molecule has 2 aromatic rings. The second-order valence-corrected chi connectivity index (χ2v) is 7.15. The SMILES string of the molecule is CNc1nc(CNS(=O)(=O)c2ccc3c(c2)OCCO3)cs1. The van der Waals surface area contributed by atoms with Gasteiger partial charge in [-0.2, -0.15) is 0 Å². The maximum Gasteiger partial charge on any atom is 0.241 e. The fraction of sp³-hybridized carbons (Fsp3) is 0.308. The highest BCUT2D eigenvalue weighted by atomic mass is 32.2. The minimum atomic E-state index is -3.63. The molecule has 1 aliphatic heterocycles. The van der Waals surface area contributed by atoms with Gasteiger partial charge in [-0.15, -0.1) is 11.3 Å². The summed E-state index contributed by atoms with van der Waals surface area (Å²) in [7, 11) is -1.86. The van der Waals surface area contributed by atoms with Crippen LogP contribution in [0.15, 0.2) is 28.5 Å². The summed E-state index contributed by atoms with van der Waals surface area (Å²) in [5.74, 6) is 1.00. The molecule has 22 heavy (non-hydrogen) atoms. The van der Waals surface area contributed by atoms with Gasteiger partial charge in [0.2, 0.25) is 10.0 Å². The smallest absolute Gasteiger partial charge is 0.241 e. The van der Waals surface area contributed by atoms with E-state index in [2.05, 4.69) is 15.0 Å². The Bertz CT molecular complexity index is 773. The Morgan fingerprint density at radius 2 is 2.05 bits per heavy atom. The molecule has 2 N–H and O–H groups in total. The first-order valence-electron chi connectivity index (χ1n) is 6.60. The first-order valence-corrected chi connectivity index (χ1v) is 8.96. The highest BCUT2D eigenvalue weighted by Crippen LogP contribution is 2.32. The van der Waals surface area contributed by atoms with Gasteiger partial charge < -0.3 is 14.8 Å². The second kappa shape index (κ2) is 6.11. The fourth-order valence-corrected chi connectivity index (χ4v) is 3.63. The van der Waals surface area contributed by atoms with Crippen molar-refractivity contribution in [3.05, 3.63) is 29.3 Å². The molecular weight excluding hydrogens is 326 g/mol. The lowest BCUT2D eigenvalue weighted by Crippen LogP contribution is -2.24. The zero-order valence-electron chi connectivity index (χ0n) is 11.8. The topological polar surface area (TPSA) is 89.6 Å². The van der Waals surface area contributed by atoms with Crippen molar-refractivity contribution in [1.82, 2.24) is 9.71 Å². The summed E-state index contributed by atoms with van der Waals surface area (Å²) < 4.78 is 38.0. The number of nitrogens with zero attached hydrogens (tertiary/aromatic N) is 1. The van der Waals surface area contributed by atoms with E-state index in [0.29, 0.717) is 30.4 Å². The summed E-state index contributed by atoms with van der Waals surface area (Å²) >= 11 is 1.42. The van der Waals surface area contributed by atoms with Crippen molar-refractivity contribution >= 4 is 26.5 Å². The molecule has 1 aliphatic rings. The number of benzene rings is 1. The Balaban J connectivity index is 1.74. The maximum atomic E-state index is 12.3. The molecule has 0 saturated heterocycles. The molecule has 0 amide bonds. The van der Waals surface area contributed by atoms with Gasteiger partial charge in [-0.3, -0.25) is 0 Å². The Morgan fingerprint density at radius 1 is 1.27 bits per heavy atom. The van der Waals surface area contributed by atoms with Crippen LogP contribution in [0.5, 0.6) is 11.5 Å². The minimum Gasteiger partial charge on any atom is -0.486 e. The highest BCUT2D eigenvalue weighted by Gasteiger charge is 2.19. The van der Waals surface area contributed by atoms with Crippen LogP contribution in [0.25, 0.3) is 0 Å². The first kappa shape index (κ1) is 15.1. The Labute approximate surface area is 132 Å². The summed E-state index contributed by atoms with van der Waals surface area (Å²) in [6, 6.07) is 4.57. The normalized spacial score (nSPS) is 13.9. The fourth-order valence-electron chi connectivity index (χ4n) is 1.95. The first-order chi connectivity index (χ1) is 10.6. The monoisotopic (exact) mass is 341 g/mol. The molecule has 0 fully saturated rings. The predicted molar refractivity (Wildman–Crippen MR) is 83.1 cm³/mol. The third kappa shape index (κ3) is 3.16. The van der Waals surface area contributed by atoms with Crippen molar-refractivity contribution in [1.29, 1.82) is 0 Å². The lowest BCUT2D eigenvalue weighted by molar-refractivity contribution is 0.171. The number of hydrogen-bond donors (Lipinski definition) is 2. The van der Waals surface area contributed by atoms with Crippen molar-refractivity contribution in [3.63, 3.8) is 0 Å². The lowest BCUT2D eigenvalue weighted by Gasteiger charge is -2.18. The number of thiazole rings is 1. The summed E-state index contributed by atoms with van der Waals surface area (Å²) in [4.78, 5) is 4.37. The number of hydrogen-bond acceptors (Lipinski definition) is 7. The molecule has 1 aromatic carbocycles. The van der Waals surface area contributed by atoms with E-state index < -0.39 is 10.0 Å². The second-order valence-electron chi connectivity index (χ2n) is 4.52. The number of sulfonamides is 1. The van der Waals surface area contributed by atoms with Crippen molar-refractivity contribution in [3.8, 4) is 11.5 Å². The van der Waals surface area contributed by atoms with Gasteiger partial charge in [-0.1, -0.05) is 0 Å². The van der Waals surface area contributed by atoms with Crippen LogP contribution < -0.4 is 19.5 Å². The lowest BCUT2D eigenvalue weighted by atomic mass is 10.3. The number of aromatic nitrogens is 1. The number of fused-ring (bicyclic) bond motifs is 1. The van der Waals surface area contributed by atoms with Gasteiger partial charge in [-0.25, -0.2) is 18.1 Å². The molecule has 2 heterocycles. The summed E-state index contributed by atoms with van der Waals surface area (Å²) in [5.41, 5.74) is 0.662. The molecule has 0 bridgehead atoms. The van der Waals surface area contributed by atoms with Crippen LogP contribution in [0.3, 0.4) is 0 Å². The van der Waals surface area contributed by atoms with Crippen LogP contribution in [-0.2, 0) is 16.6 Å². The molecule has 0 atom stereocenters. The number of rotatable bonds is 5. The average molecular weight is 341 g/mol. The van der Waals surface area contributed by atoms with Crippen LogP contribution in [0.4, 0.5) is 5.13 Å². The van der Waals surface area contributed by atoms with Crippen LogP contribution in [0.1, 0.15) is 5.69 Å². The van der Waals surface area contributed by atoms with Gasteiger partial charge >= 0.3 is 0 Å². The molecule has 0 unspecified atom stereocenters. The summed E-state index contributed by atoms with van der Waals surface area (Å²) in [5, 5.41) is 5.46. The Morgan fingerprint density at radius 3 is 2.77 bits per heavy atom. The molecule has 0 aliphatic carbocycles. The van der Waals surface area contributed by atoms with Gasteiger partial charge in [0.05, 0.1) is 17.1 Å². The molecule has 1 aromatic heterocycles. The van der Waals surface area contributed by atoms with Crippen molar-refractivity contribution < 1.29 is 17.9 Å². The molecule has 118 valence electrons. The van der Waals surface area contributed by atoms with Crippen LogP contribution in [0.2, 0.25) is 0 Å². The average Bonchev–Trinajstić information content (AvgIpc) is 3.01. The molecule has 0 radical (unpaired) electrons. The molecule has 7 nitrogen and oxygen atoms in total. The molecule has 0 spiro atoms. The van der Waals surface area contributed by atoms with Gasteiger partial charge in [-0.05, 0) is 12.1 Å². The largest absolute Gasteiger partial charge is 0.486 e. The zero-order chi connectivity index (χ0) is 15.6. The van der Waals surface area contributed by atoms with E-state index in [-0.39, 0.29) is 11.4 Å². The van der Waals surface area contributed by atoms with Crippen LogP contribution >= 0.6 is 11.3 Å². The van der Waals surface area contributed by atoms with E-state index in [1.165, 1.54) is 23.5 Å². The van der Waals surface area contributed by atoms with E-state index in [0.717, 1.165) is 5.13 Å². The minimum absolute atomic E-state index is 0.134. The molecule has 9 heteroatoms. The van der Waals surface area contributed by atoms with E-state index >= 15 is 0 Å². The van der Waals surface area contributed by atoms with Gasteiger partial charge in [0.15, 0.2) is 16.6 Å². The van der Waals surface area contributed by atoms with E-state index in [4.69, 9.17) is 9.47 Å². The van der Waals surface area contributed by atoms with Crippen molar-refractivity contribution in [2.24, 2.45) is 0 Å². The molecular formula is C13H15N3O4S2. The highest BCUT2D eigenvalue weighted by molar-refractivity contribution is 7.89. The zero-order valence-corrected chi connectivity index (χ0v) is 13.5. The van der Waals surface area contributed by atoms with E-state index in [1.54, 1.807) is 18.5 Å². The Kier molecular flexibility index (Phi) is 4.19. The van der Waals surface area contributed by atoms with Crippen molar-refractivity contribution in [2.75, 3.05) is 25.6 Å². The van der Waals surface area contributed by atoms with Crippen molar-refractivity contribution in [2.45, 2.75) is 11.4 Å². The summed E-state index contributed by atoms with van der Waals surface area (Å²) in [6.07, 6.45) is 0. The standard InChI is InChI=1S/C13H15N3O4S2/c1-14-13-16-9(8-21-13)7-15-22(17,18)10-2-3-11-12(6-10)20-5-4-19-11/h2-3,6,8,15H,4-5,7H2,1H3,(H,14,16). The van der Waals surface area contributed by atoms with E-state index in [1.807, 2.05) is 0 Å². The number of nitrogens with one attached hydrogen (secondary N) is 2.